The van der Waals surface area contributed by atoms with Gasteiger partial charge in [0, 0.05) is 19.3 Å². The maximum Gasteiger partial charge on any atom is 0.306 e. The fraction of sp³-hybridized carbons (Fsp3) is 0.945. The Labute approximate surface area is 380 Å². The van der Waals surface area contributed by atoms with Gasteiger partial charge >= 0.3 is 17.9 Å². The molecule has 0 saturated heterocycles. The molecule has 362 valence electrons. The smallest absolute Gasteiger partial charge is 0.306 e. The van der Waals surface area contributed by atoms with Crippen molar-refractivity contribution in [1.29, 1.82) is 0 Å². The first-order chi connectivity index (χ1) is 29.9. The quantitative estimate of drug-likeness (QED) is 0.0344. The highest BCUT2D eigenvalue weighted by Gasteiger charge is 2.19. The lowest BCUT2D eigenvalue weighted by atomic mass is 10.0. The molecule has 0 aliphatic heterocycles. The Kier molecular flexibility index (Phi) is 48.1. The summed E-state index contributed by atoms with van der Waals surface area (Å²) in [4.78, 5) is 38.0. The molecule has 61 heavy (non-hydrogen) atoms. The van der Waals surface area contributed by atoms with Gasteiger partial charge in [0.05, 0.1) is 0 Å². The normalized spacial score (nSPS) is 12.0. The first-order valence-electron chi connectivity index (χ1n) is 27.4. The molecule has 0 saturated carbocycles. The molecular weight excluding hydrogens is 757 g/mol. The van der Waals surface area contributed by atoms with Crippen LogP contribution < -0.4 is 0 Å². The highest BCUT2D eigenvalue weighted by atomic mass is 16.6. The van der Waals surface area contributed by atoms with Crippen LogP contribution in [0.4, 0.5) is 0 Å². The Morgan fingerprint density at radius 2 is 0.541 bits per heavy atom. The minimum atomic E-state index is -0.761. The van der Waals surface area contributed by atoms with Gasteiger partial charge in [0.2, 0.25) is 0 Å². The summed E-state index contributed by atoms with van der Waals surface area (Å²) >= 11 is 0. The lowest BCUT2D eigenvalue weighted by Crippen LogP contribution is -2.30. The third-order valence-corrected chi connectivity index (χ3v) is 12.5. The topological polar surface area (TPSA) is 78.9 Å². The molecule has 0 heterocycles. The van der Waals surface area contributed by atoms with Crippen LogP contribution in [0.1, 0.15) is 310 Å². The second kappa shape index (κ2) is 49.4. The SMILES string of the molecule is CCCCCCCCCCCCCCCCCCC(=O)OC[C@@H](COC(=O)CCCCCCCCCCCCCC)OC(=O)CCCCCCCCCCCCCCC(C)C. The Bertz CT molecular complexity index is 918. The lowest BCUT2D eigenvalue weighted by molar-refractivity contribution is -0.167. The van der Waals surface area contributed by atoms with E-state index in [4.69, 9.17) is 14.2 Å². The number of esters is 3. The fourth-order valence-corrected chi connectivity index (χ4v) is 8.39. The summed E-state index contributed by atoms with van der Waals surface area (Å²) in [5, 5.41) is 0. The van der Waals surface area contributed by atoms with E-state index in [1.54, 1.807) is 0 Å². The van der Waals surface area contributed by atoms with E-state index in [-0.39, 0.29) is 31.1 Å². The molecule has 6 heteroatoms. The van der Waals surface area contributed by atoms with E-state index in [1.807, 2.05) is 0 Å². The first kappa shape index (κ1) is 59.4. The van der Waals surface area contributed by atoms with Crippen molar-refractivity contribution < 1.29 is 28.6 Å². The van der Waals surface area contributed by atoms with Crippen molar-refractivity contribution in [3.63, 3.8) is 0 Å². The predicted octanol–water partition coefficient (Wildman–Crippen LogP) is 17.8. The number of carbonyl (C=O) groups excluding carboxylic acids is 3. The van der Waals surface area contributed by atoms with E-state index in [2.05, 4.69) is 27.7 Å². The first-order valence-corrected chi connectivity index (χ1v) is 27.4. The molecule has 0 spiro atoms. The molecule has 0 bridgehead atoms. The largest absolute Gasteiger partial charge is 0.462 e. The summed E-state index contributed by atoms with van der Waals surface area (Å²) < 4.78 is 16.8. The monoisotopic (exact) mass is 863 g/mol. The van der Waals surface area contributed by atoms with E-state index in [0.29, 0.717) is 19.3 Å². The van der Waals surface area contributed by atoms with Crippen LogP contribution in [0.25, 0.3) is 0 Å². The van der Waals surface area contributed by atoms with Crippen LogP contribution in [0.5, 0.6) is 0 Å². The second-order valence-electron chi connectivity index (χ2n) is 19.3. The van der Waals surface area contributed by atoms with Crippen molar-refractivity contribution in [1.82, 2.24) is 0 Å². The second-order valence-corrected chi connectivity index (χ2v) is 19.3. The van der Waals surface area contributed by atoms with Gasteiger partial charge in [-0.25, -0.2) is 0 Å². The number of unbranched alkanes of at least 4 members (excludes halogenated alkanes) is 37. The summed E-state index contributed by atoms with van der Waals surface area (Å²) in [6.07, 6.45) is 52.3. The van der Waals surface area contributed by atoms with Gasteiger partial charge in [-0.2, -0.15) is 0 Å². The molecule has 0 unspecified atom stereocenters. The van der Waals surface area contributed by atoms with E-state index < -0.39 is 6.10 Å². The number of rotatable bonds is 50. The van der Waals surface area contributed by atoms with Crippen molar-refractivity contribution in [2.24, 2.45) is 5.92 Å². The van der Waals surface area contributed by atoms with Crippen molar-refractivity contribution in [2.45, 2.75) is 316 Å². The standard InChI is InChI=1S/C55H106O6/c1-5-7-9-11-13-15-17-19-20-21-22-27-31-35-39-43-47-54(57)60-50-52(49-59-53(56)46-42-38-34-30-26-18-16-14-12-10-8-6-2)61-55(58)48-44-40-36-32-28-24-23-25-29-33-37-41-45-51(3)4/h51-52H,5-50H2,1-4H3/t52-/m1/s1. The zero-order valence-corrected chi connectivity index (χ0v) is 41.6. The maximum absolute atomic E-state index is 12.8. The molecule has 0 aromatic rings. The van der Waals surface area contributed by atoms with Crippen LogP contribution >= 0.6 is 0 Å². The highest BCUT2D eigenvalue weighted by molar-refractivity contribution is 5.71. The molecule has 1 atom stereocenters. The average Bonchev–Trinajstić information content (AvgIpc) is 3.24. The van der Waals surface area contributed by atoms with Gasteiger partial charge in [-0.05, 0) is 25.2 Å². The molecule has 0 fully saturated rings. The van der Waals surface area contributed by atoms with E-state index in [0.717, 1.165) is 63.7 Å². The number of hydrogen-bond donors (Lipinski definition) is 0. The van der Waals surface area contributed by atoms with Crippen LogP contribution in [0.3, 0.4) is 0 Å². The zero-order valence-electron chi connectivity index (χ0n) is 41.6. The summed E-state index contributed by atoms with van der Waals surface area (Å²) in [6.45, 7) is 9.04. The molecule has 6 nitrogen and oxygen atoms in total. The van der Waals surface area contributed by atoms with Gasteiger partial charge in [-0.3, -0.25) is 14.4 Å². The van der Waals surface area contributed by atoms with Crippen LogP contribution in [0, 0.1) is 5.92 Å². The lowest BCUT2D eigenvalue weighted by Gasteiger charge is -2.18. The molecule has 0 radical (unpaired) electrons. The Morgan fingerprint density at radius 3 is 0.803 bits per heavy atom. The van der Waals surface area contributed by atoms with Gasteiger partial charge in [0.15, 0.2) is 6.10 Å². The Balaban J connectivity index is 4.29. The fourth-order valence-electron chi connectivity index (χ4n) is 8.39. The summed E-state index contributed by atoms with van der Waals surface area (Å²) in [7, 11) is 0. The van der Waals surface area contributed by atoms with Gasteiger partial charge in [0.25, 0.3) is 0 Å². The average molecular weight is 863 g/mol. The van der Waals surface area contributed by atoms with Gasteiger partial charge < -0.3 is 14.2 Å². The third kappa shape index (κ3) is 49.3. The van der Waals surface area contributed by atoms with Crippen molar-refractivity contribution in [3.8, 4) is 0 Å². The van der Waals surface area contributed by atoms with Gasteiger partial charge in [-0.15, -0.1) is 0 Å². The molecule has 0 aliphatic carbocycles. The summed E-state index contributed by atoms with van der Waals surface area (Å²) in [5.74, 6) is -0.00769. The molecule has 0 aliphatic rings. The van der Waals surface area contributed by atoms with E-state index in [1.165, 1.54) is 205 Å². The van der Waals surface area contributed by atoms with E-state index >= 15 is 0 Å². The third-order valence-electron chi connectivity index (χ3n) is 12.5. The molecule has 0 aromatic heterocycles. The highest BCUT2D eigenvalue weighted by Crippen LogP contribution is 2.17. The minimum Gasteiger partial charge on any atom is -0.462 e. The summed E-state index contributed by atoms with van der Waals surface area (Å²) in [5.41, 5.74) is 0. The molecule has 0 N–H and O–H groups in total. The Hall–Kier alpha value is -1.59. The number of hydrogen-bond acceptors (Lipinski definition) is 6. The Morgan fingerprint density at radius 1 is 0.311 bits per heavy atom. The van der Waals surface area contributed by atoms with Crippen molar-refractivity contribution >= 4 is 17.9 Å². The number of carbonyl (C=O) groups is 3. The van der Waals surface area contributed by atoms with Crippen molar-refractivity contribution in [2.75, 3.05) is 13.2 Å². The molecular formula is C55H106O6. The number of ether oxygens (including phenoxy) is 3. The summed E-state index contributed by atoms with van der Waals surface area (Å²) in [6, 6.07) is 0. The molecule has 0 rings (SSSR count). The zero-order chi connectivity index (χ0) is 44.5. The van der Waals surface area contributed by atoms with Crippen LogP contribution in [-0.4, -0.2) is 37.2 Å². The van der Waals surface area contributed by atoms with Crippen LogP contribution in [0.2, 0.25) is 0 Å². The van der Waals surface area contributed by atoms with Crippen LogP contribution in [-0.2, 0) is 28.6 Å². The van der Waals surface area contributed by atoms with Crippen LogP contribution in [0.15, 0.2) is 0 Å². The van der Waals surface area contributed by atoms with E-state index in [9.17, 15) is 14.4 Å². The molecule has 0 amide bonds. The predicted molar refractivity (Wildman–Crippen MR) is 261 cm³/mol. The van der Waals surface area contributed by atoms with Gasteiger partial charge in [0.1, 0.15) is 13.2 Å². The minimum absolute atomic E-state index is 0.0622. The van der Waals surface area contributed by atoms with Gasteiger partial charge in [-0.1, -0.05) is 272 Å². The maximum atomic E-state index is 12.8. The van der Waals surface area contributed by atoms with Crippen molar-refractivity contribution in [3.05, 3.63) is 0 Å². The molecule has 0 aromatic carbocycles.